The molecule has 0 unspecified atom stereocenters. The average Bonchev–Trinajstić information content (AvgIpc) is 2.96. The number of carbonyl (C=O) groups excluding carboxylic acids is 1. The van der Waals surface area contributed by atoms with Crippen LogP contribution in [0.3, 0.4) is 0 Å². The predicted molar refractivity (Wildman–Crippen MR) is 111 cm³/mol. The summed E-state index contributed by atoms with van der Waals surface area (Å²) in [5.74, 6) is 0.768. The molecule has 2 aromatic carbocycles. The first-order chi connectivity index (χ1) is 13.0. The van der Waals surface area contributed by atoms with Gasteiger partial charge in [0.2, 0.25) is 0 Å². The van der Waals surface area contributed by atoms with Crippen molar-refractivity contribution < 1.29 is 14.3 Å². The van der Waals surface area contributed by atoms with Gasteiger partial charge < -0.3 is 14.8 Å². The van der Waals surface area contributed by atoms with Crippen molar-refractivity contribution in [3.05, 3.63) is 56.9 Å². The minimum absolute atomic E-state index is 0.224. The highest BCUT2D eigenvalue weighted by Gasteiger charge is 2.24. The first-order valence-corrected chi connectivity index (χ1v) is 9.63. The average molecular weight is 423 g/mol. The summed E-state index contributed by atoms with van der Waals surface area (Å²) in [4.78, 5) is 17.2. The van der Waals surface area contributed by atoms with Gasteiger partial charge in [0.05, 0.1) is 29.3 Å². The summed E-state index contributed by atoms with van der Waals surface area (Å²) in [5.41, 5.74) is 1.43. The van der Waals surface area contributed by atoms with Crippen LogP contribution in [0, 0.1) is 0 Å². The summed E-state index contributed by atoms with van der Waals surface area (Å²) < 4.78 is 10.8. The third-order valence-corrected chi connectivity index (χ3v) is 4.98. The Morgan fingerprint density at radius 2 is 1.96 bits per heavy atom. The van der Waals surface area contributed by atoms with E-state index in [2.05, 4.69) is 10.3 Å². The summed E-state index contributed by atoms with van der Waals surface area (Å²) in [6, 6.07) is 10.5. The molecule has 0 bridgehead atoms. The van der Waals surface area contributed by atoms with Crippen LogP contribution < -0.4 is 14.8 Å². The first kappa shape index (κ1) is 19.6. The van der Waals surface area contributed by atoms with Crippen molar-refractivity contribution in [1.82, 2.24) is 5.32 Å². The van der Waals surface area contributed by atoms with Crippen LogP contribution in [0.2, 0.25) is 10.0 Å². The van der Waals surface area contributed by atoms with Crippen molar-refractivity contribution in [2.45, 2.75) is 6.92 Å². The van der Waals surface area contributed by atoms with Gasteiger partial charge >= 0.3 is 0 Å². The molecule has 0 spiro atoms. The Morgan fingerprint density at radius 3 is 2.63 bits per heavy atom. The highest BCUT2D eigenvalue weighted by atomic mass is 35.5. The second-order valence-electron chi connectivity index (χ2n) is 5.43. The number of amides is 1. The zero-order chi connectivity index (χ0) is 19.4. The van der Waals surface area contributed by atoms with Gasteiger partial charge in [0.15, 0.2) is 16.7 Å². The normalized spacial score (nSPS) is 16.7. The van der Waals surface area contributed by atoms with E-state index in [1.165, 1.54) is 18.9 Å². The molecular weight excluding hydrogens is 407 g/mol. The highest BCUT2D eigenvalue weighted by molar-refractivity contribution is 8.18. The smallest absolute Gasteiger partial charge is 0.264 e. The topological polar surface area (TPSA) is 59.9 Å². The van der Waals surface area contributed by atoms with E-state index in [9.17, 15) is 4.79 Å². The Bertz CT molecular complexity index is 927. The second-order valence-corrected chi connectivity index (χ2v) is 7.30. The fourth-order valence-electron chi connectivity index (χ4n) is 2.40. The number of aliphatic imine (C=N–C) groups is 1. The van der Waals surface area contributed by atoms with Gasteiger partial charge in [-0.25, -0.2) is 4.99 Å². The van der Waals surface area contributed by atoms with Crippen molar-refractivity contribution in [3.63, 3.8) is 0 Å². The Morgan fingerprint density at radius 1 is 1.22 bits per heavy atom. The van der Waals surface area contributed by atoms with E-state index in [-0.39, 0.29) is 5.91 Å². The van der Waals surface area contributed by atoms with Crippen molar-refractivity contribution in [3.8, 4) is 11.5 Å². The van der Waals surface area contributed by atoms with Gasteiger partial charge in [0.1, 0.15) is 0 Å². The van der Waals surface area contributed by atoms with Crippen LogP contribution in [-0.2, 0) is 4.79 Å². The van der Waals surface area contributed by atoms with E-state index in [1.807, 2.05) is 6.92 Å². The summed E-state index contributed by atoms with van der Waals surface area (Å²) in [6.45, 7) is 2.35. The van der Waals surface area contributed by atoms with E-state index < -0.39 is 0 Å². The lowest BCUT2D eigenvalue weighted by Crippen LogP contribution is -2.19. The Kier molecular flexibility index (Phi) is 6.31. The van der Waals surface area contributed by atoms with E-state index in [1.54, 1.807) is 42.5 Å². The maximum absolute atomic E-state index is 12.3. The van der Waals surface area contributed by atoms with Crippen LogP contribution in [0.15, 0.2) is 46.3 Å². The van der Waals surface area contributed by atoms with Crippen molar-refractivity contribution in [2.75, 3.05) is 13.7 Å². The molecule has 0 aromatic heterocycles. The predicted octanol–water partition coefficient (Wildman–Crippen LogP) is 5.29. The molecule has 0 radical (unpaired) electrons. The van der Waals surface area contributed by atoms with Crippen LogP contribution >= 0.6 is 35.0 Å². The Balaban J connectivity index is 1.87. The van der Waals surface area contributed by atoms with Crippen molar-refractivity contribution in [1.29, 1.82) is 0 Å². The number of ether oxygens (including phenoxy) is 2. The summed E-state index contributed by atoms with van der Waals surface area (Å²) >= 11 is 13.4. The zero-order valence-corrected chi connectivity index (χ0v) is 16.9. The van der Waals surface area contributed by atoms with Gasteiger partial charge in [-0.05, 0) is 66.7 Å². The fraction of sp³-hybridized carbons (Fsp3) is 0.158. The molecule has 0 atom stereocenters. The molecule has 5 nitrogen and oxygen atoms in total. The molecule has 27 heavy (non-hydrogen) atoms. The number of nitrogens with zero attached hydrogens (tertiary/aromatic N) is 1. The largest absolute Gasteiger partial charge is 0.491 e. The molecule has 1 amide bonds. The molecule has 0 aliphatic carbocycles. The number of nitrogens with one attached hydrogen (secondary N) is 1. The summed E-state index contributed by atoms with van der Waals surface area (Å²) in [6.07, 6.45) is 1.73. The lowest BCUT2D eigenvalue weighted by Gasteiger charge is -2.11. The highest BCUT2D eigenvalue weighted by Crippen LogP contribution is 2.38. The quantitative estimate of drug-likeness (QED) is 0.664. The number of carbonyl (C=O) groups is 1. The number of hydrogen-bond acceptors (Lipinski definition) is 5. The van der Waals surface area contributed by atoms with Crippen LogP contribution in [0.4, 0.5) is 5.69 Å². The lowest BCUT2D eigenvalue weighted by molar-refractivity contribution is -0.115. The van der Waals surface area contributed by atoms with Crippen LogP contribution in [0.25, 0.3) is 6.08 Å². The van der Waals surface area contributed by atoms with Gasteiger partial charge in [-0.1, -0.05) is 23.2 Å². The number of benzene rings is 2. The SMILES string of the molecule is CCOc1cc(/C=C2\SC(=Nc3ccc(Cl)cc3)NC2=O)cc(Cl)c1OC. The van der Waals surface area contributed by atoms with Crippen molar-refractivity contribution >= 4 is 57.8 Å². The Hall–Kier alpha value is -2.15. The maximum atomic E-state index is 12.3. The van der Waals surface area contributed by atoms with Gasteiger partial charge in [-0.2, -0.15) is 0 Å². The van der Waals surface area contributed by atoms with Crippen molar-refractivity contribution in [2.24, 2.45) is 4.99 Å². The molecule has 1 aliphatic heterocycles. The van der Waals surface area contributed by atoms with E-state index in [0.29, 0.717) is 43.9 Å². The number of thioether (sulfide) groups is 1. The standard InChI is InChI=1S/C19H16Cl2N2O3S/c1-3-26-15-9-11(8-14(21)17(15)25-2)10-16-18(24)23-19(27-16)22-13-6-4-12(20)5-7-13/h4-10H,3H2,1-2H3,(H,22,23,24)/b16-10-. The van der Waals surface area contributed by atoms with Crippen LogP contribution in [0.5, 0.6) is 11.5 Å². The van der Waals surface area contributed by atoms with Gasteiger partial charge in [0, 0.05) is 5.02 Å². The van der Waals surface area contributed by atoms with Crippen LogP contribution in [-0.4, -0.2) is 24.8 Å². The molecule has 0 saturated carbocycles. The molecule has 1 saturated heterocycles. The molecule has 1 heterocycles. The third-order valence-electron chi connectivity index (χ3n) is 3.54. The minimum atomic E-state index is -0.224. The van der Waals surface area contributed by atoms with Gasteiger partial charge in [-0.3, -0.25) is 4.79 Å². The van der Waals surface area contributed by atoms with Gasteiger partial charge in [-0.15, -0.1) is 0 Å². The Labute approximate surface area is 171 Å². The number of rotatable bonds is 5. The molecule has 140 valence electrons. The molecule has 1 fully saturated rings. The molecule has 8 heteroatoms. The van der Waals surface area contributed by atoms with E-state index in [0.717, 1.165) is 5.56 Å². The number of halogens is 2. The number of amidine groups is 1. The third kappa shape index (κ3) is 4.77. The van der Waals surface area contributed by atoms with E-state index >= 15 is 0 Å². The zero-order valence-electron chi connectivity index (χ0n) is 14.6. The molecule has 1 N–H and O–H groups in total. The monoisotopic (exact) mass is 422 g/mol. The minimum Gasteiger partial charge on any atom is -0.491 e. The molecule has 1 aliphatic rings. The molecule has 3 rings (SSSR count). The molecular formula is C19H16Cl2N2O3S. The summed E-state index contributed by atoms with van der Waals surface area (Å²) in [5, 5.41) is 4.29. The number of methoxy groups -OCH3 is 1. The summed E-state index contributed by atoms with van der Waals surface area (Å²) in [7, 11) is 1.53. The van der Waals surface area contributed by atoms with Gasteiger partial charge in [0.25, 0.3) is 5.91 Å². The first-order valence-electron chi connectivity index (χ1n) is 8.05. The number of hydrogen-bond donors (Lipinski definition) is 1. The van der Waals surface area contributed by atoms with Crippen LogP contribution in [0.1, 0.15) is 12.5 Å². The lowest BCUT2D eigenvalue weighted by atomic mass is 10.2. The maximum Gasteiger partial charge on any atom is 0.264 e. The van der Waals surface area contributed by atoms with E-state index in [4.69, 9.17) is 32.7 Å². The molecule has 2 aromatic rings. The fourth-order valence-corrected chi connectivity index (χ4v) is 3.66. The second kappa shape index (κ2) is 8.69.